The maximum Gasteiger partial charge on any atom is 0.0490 e. The maximum absolute atomic E-state index is 12.0. The van der Waals surface area contributed by atoms with Crippen LogP contribution in [-0.4, -0.2) is 27.5 Å². The van der Waals surface area contributed by atoms with E-state index in [9.17, 15) is 4.21 Å². The molecule has 1 saturated heterocycles. The highest BCUT2D eigenvalue weighted by molar-refractivity contribution is 7.84. The van der Waals surface area contributed by atoms with Gasteiger partial charge in [0.1, 0.15) is 0 Å². The second-order valence-electron chi connectivity index (χ2n) is 3.85. The number of aromatic nitrogens is 1. The fraction of sp³-hybridized carbons (Fsp3) is 0.545. The predicted molar refractivity (Wildman–Crippen MR) is 62.0 cm³/mol. The zero-order chi connectivity index (χ0) is 10.5. The molecule has 1 aromatic heterocycles. The van der Waals surface area contributed by atoms with Crippen LogP contribution < -0.4 is 5.32 Å². The summed E-state index contributed by atoms with van der Waals surface area (Å²) in [7, 11) is -0.748. The Morgan fingerprint density at radius 3 is 2.93 bits per heavy atom. The van der Waals surface area contributed by atoms with Gasteiger partial charge in [-0.1, -0.05) is 0 Å². The molecule has 1 aliphatic heterocycles. The number of pyridine rings is 1. The van der Waals surface area contributed by atoms with Crippen molar-refractivity contribution in [1.29, 1.82) is 0 Å². The van der Waals surface area contributed by atoms with Crippen molar-refractivity contribution in [2.45, 2.75) is 23.8 Å². The van der Waals surface area contributed by atoms with Gasteiger partial charge in [-0.05, 0) is 37.1 Å². The molecular weight excluding hydrogens is 208 g/mol. The first-order valence-corrected chi connectivity index (χ1v) is 6.71. The van der Waals surface area contributed by atoms with E-state index in [4.69, 9.17) is 0 Å². The topological polar surface area (TPSA) is 42.0 Å². The molecule has 1 fully saturated rings. The van der Waals surface area contributed by atoms with Gasteiger partial charge in [0.05, 0.1) is 0 Å². The first-order valence-electron chi connectivity index (χ1n) is 5.33. The van der Waals surface area contributed by atoms with Gasteiger partial charge in [0.2, 0.25) is 0 Å². The van der Waals surface area contributed by atoms with Crippen LogP contribution in [0.3, 0.4) is 0 Å². The zero-order valence-electron chi connectivity index (χ0n) is 8.69. The van der Waals surface area contributed by atoms with Crippen LogP contribution in [0, 0.1) is 0 Å². The highest BCUT2D eigenvalue weighted by atomic mass is 32.2. The average Bonchev–Trinajstić information content (AvgIpc) is 2.31. The van der Waals surface area contributed by atoms with Gasteiger partial charge < -0.3 is 5.32 Å². The van der Waals surface area contributed by atoms with Crippen LogP contribution in [-0.2, 0) is 16.6 Å². The first kappa shape index (κ1) is 10.8. The summed E-state index contributed by atoms with van der Waals surface area (Å²) in [6, 6.07) is 3.88. The van der Waals surface area contributed by atoms with Crippen LogP contribution in [0.15, 0.2) is 24.5 Å². The Bertz CT molecular complexity index is 323. The van der Waals surface area contributed by atoms with Gasteiger partial charge in [-0.25, -0.2) is 0 Å². The lowest BCUT2D eigenvalue weighted by atomic mass is 10.2. The van der Waals surface area contributed by atoms with E-state index in [2.05, 4.69) is 10.3 Å². The quantitative estimate of drug-likeness (QED) is 0.835. The van der Waals surface area contributed by atoms with Gasteiger partial charge in [0.15, 0.2) is 0 Å². The summed E-state index contributed by atoms with van der Waals surface area (Å²) in [6.45, 7) is 1.97. The van der Waals surface area contributed by atoms with Gasteiger partial charge in [0, 0.05) is 40.7 Å². The van der Waals surface area contributed by atoms with E-state index in [1.54, 1.807) is 12.4 Å². The molecule has 15 heavy (non-hydrogen) atoms. The number of rotatable bonds is 3. The lowest BCUT2D eigenvalue weighted by molar-refractivity contribution is 0.519. The zero-order valence-corrected chi connectivity index (χ0v) is 9.50. The molecule has 3 nitrogen and oxygen atoms in total. The molecule has 0 aromatic carbocycles. The second-order valence-corrected chi connectivity index (χ2v) is 5.57. The summed E-state index contributed by atoms with van der Waals surface area (Å²) >= 11 is 0. The Morgan fingerprint density at radius 2 is 2.27 bits per heavy atom. The maximum atomic E-state index is 12.0. The summed E-state index contributed by atoms with van der Waals surface area (Å²) < 4.78 is 12.0. The van der Waals surface area contributed by atoms with Crippen LogP contribution in [0.5, 0.6) is 0 Å². The highest BCUT2D eigenvalue weighted by Crippen LogP contribution is 2.12. The van der Waals surface area contributed by atoms with E-state index in [-0.39, 0.29) is 0 Å². The molecule has 0 bridgehead atoms. The van der Waals surface area contributed by atoms with Gasteiger partial charge in [0.25, 0.3) is 0 Å². The minimum atomic E-state index is -0.748. The molecule has 1 aromatic rings. The Kier molecular flexibility index (Phi) is 3.86. The summed E-state index contributed by atoms with van der Waals surface area (Å²) in [5.74, 6) is 0.662. The van der Waals surface area contributed by atoms with Gasteiger partial charge >= 0.3 is 0 Å². The molecule has 0 unspecified atom stereocenters. The molecule has 1 aliphatic rings. The third-order valence-corrected chi connectivity index (χ3v) is 4.45. The molecule has 0 radical (unpaired) electrons. The predicted octanol–water partition coefficient (Wildman–Crippen LogP) is 1.08. The molecule has 2 atom stereocenters. The van der Waals surface area contributed by atoms with E-state index in [1.807, 2.05) is 12.1 Å². The molecular formula is C11H16N2OS. The molecule has 0 spiro atoms. The van der Waals surface area contributed by atoms with Crippen LogP contribution in [0.1, 0.15) is 18.4 Å². The summed E-state index contributed by atoms with van der Waals surface area (Å²) in [4.78, 5) is 3.95. The van der Waals surface area contributed by atoms with E-state index in [0.29, 0.717) is 11.0 Å². The smallest absolute Gasteiger partial charge is 0.0490 e. The molecule has 0 amide bonds. The Balaban J connectivity index is 1.91. The lowest BCUT2D eigenvalue weighted by Crippen LogP contribution is -2.36. The largest absolute Gasteiger partial charge is 0.316 e. The SMILES string of the molecule is O=[S@@](Cc1ccncc1)[C@@H]1CCCNC1. The summed E-state index contributed by atoms with van der Waals surface area (Å²) in [5, 5.41) is 3.62. The normalized spacial score (nSPS) is 23.6. The molecule has 2 rings (SSSR count). The van der Waals surface area contributed by atoms with E-state index in [0.717, 1.165) is 31.5 Å². The molecule has 0 aliphatic carbocycles. The van der Waals surface area contributed by atoms with Gasteiger partial charge in [-0.2, -0.15) is 0 Å². The number of piperidine rings is 1. The van der Waals surface area contributed by atoms with Crippen molar-refractivity contribution in [3.63, 3.8) is 0 Å². The number of nitrogens with one attached hydrogen (secondary N) is 1. The fourth-order valence-corrected chi connectivity index (χ4v) is 3.30. The Hall–Kier alpha value is -0.740. The number of nitrogens with zero attached hydrogens (tertiary/aromatic N) is 1. The van der Waals surface area contributed by atoms with Crippen molar-refractivity contribution in [3.05, 3.63) is 30.1 Å². The molecule has 4 heteroatoms. The third-order valence-electron chi connectivity index (χ3n) is 2.68. The Morgan fingerprint density at radius 1 is 1.47 bits per heavy atom. The van der Waals surface area contributed by atoms with Crippen molar-refractivity contribution in [2.75, 3.05) is 13.1 Å². The molecule has 0 saturated carbocycles. The fourth-order valence-electron chi connectivity index (χ4n) is 1.81. The lowest BCUT2D eigenvalue weighted by Gasteiger charge is -2.21. The third kappa shape index (κ3) is 3.11. The van der Waals surface area contributed by atoms with Crippen molar-refractivity contribution in [3.8, 4) is 0 Å². The average molecular weight is 224 g/mol. The second kappa shape index (κ2) is 5.37. The van der Waals surface area contributed by atoms with Gasteiger partial charge in [-0.15, -0.1) is 0 Å². The molecule has 2 heterocycles. The van der Waals surface area contributed by atoms with E-state index < -0.39 is 10.8 Å². The van der Waals surface area contributed by atoms with E-state index in [1.165, 1.54) is 0 Å². The van der Waals surface area contributed by atoms with Crippen LogP contribution in [0.4, 0.5) is 0 Å². The number of hydrogen-bond donors (Lipinski definition) is 1. The van der Waals surface area contributed by atoms with Crippen LogP contribution in [0.25, 0.3) is 0 Å². The minimum absolute atomic E-state index is 0.326. The monoisotopic (exact) mass is 224 g/mol. The van der Waals surface area contributed by atoms with Crippen LogP contribution >= 0.6 is 0 Å². The van der Waals surface area contributed by atoms with Crippen molar-refractivity contribution in [2.24, 2.45) is 0 Å². The molecule has 1 N–H and O–H groups in total. The first-order chi connectivity index (χ1) is 7.36. The highest BCUT2D eigenvalue weighted by Gasteiger charge is 2.19. The minimum Gasteiger partial charge on any atom is -0.316 e. The summed E-state index contributed by atoms with van der Waals surface area (Å²) in [6.07, 6.45) is 5.74. The standard InChI is InChI=1S/C11H16N2OS/c14-15(11-2-1-5-13-8-11)9-10-3-6-12-7-4-10/h3-4,6-7,11,13H,1-2,5,8-9H2/t11-,15+/m1/s1. The van der Waals surface area contributed by atoms with Crippen molar-refractivity contribution in [1.82, 2.24) is 10.3 Å². The van der Waals surface area contributed by atoms with Crippen LogP contribution in [0.2, 0.25) is 0 Å². The van der Waals surface area contributed by atoms with Crippen molar-refractivity contribution >= 4 is 10.8 Å². The molecule has 82 valence electrons. The number of hydrogen-bond acceptors (Lipinski definition) is 3. The van der Waals surface area contributed by atoms with E-state index >= 15 is 0 Å². The summed E-state index contributed by atoms with van der Waals surface area (Å²) in [5.41, 5.74) is 1.12. The van der Waals surface area contributed by atoms with Gasteiger partial charge in [-0.3, -0.25) is 9.19 Å². The van der Waals surface area contributed by atoms with Crippen molar-refractivity contribution < 1.29 is 4.21 Å². The Labute approximate surface area is 92.8 Å².